The van der Waals surface area contributed by atoms with Crippen molar-refractivity contribution in [3.05, 3.63) is 81.4 Å². The Morgan fingerprint density at radius 3 is 2.14 bits per heavy atom. The van der Waals surface area contributed by atoms with Crippen LogP contribution >= 0.6 is 23.2 Å². The second kappa shape index (κ2) is 9.82. The van der Waals surface area contributed by atoms with Crippen molar-refractivity contribution in [2.24, 2.45) is 5.92 Å². The molecule has 0 saturated heterocycles. The second-order valence-electron chi connectivity index (χ2n) is 6.71. The molecular formula is C21H20Cl2N2O3. The van der Waals surface area contributed by atoms with Gasteiger partial charge in [-0.05, 0) is 47.7 Å². The highest BCUT2D eigenvalue weighted by Gasteiger charge is 2.19. The van der Waals surface area contributed by atoms with E-state index in [2.05, 4.69) is 10.1 Å². The number of ketones is 1. The summed E-state index contributed by atoms with van der Waals surface area (Å²) in [7, 11) is 0. The molecule has 0 spiro atoms. The van der Waals surface area contributed by atoms with Crippen molar-refractivity contribution in [2.45, 2.75) is 32.3 Å². The van der Waals surface area contributed by atoms with Crippen LogP contribution in [-0.2, 0) is 30.7 Å². The minimum absolute atomic E-state index is 0.00474. The molecule has 146 valence electrons. The van der Waals surface area contributed by atoms with E-state index >= 15 is 0 Å². The number of hydrogen-bond donors (Lipinski definition) is 1. The highest BCUT2D eigenvalue weighted by molar-refractivity contribution is 6.30. The Morgan fingerprint density at radius 1 is 0.964 bits per heavy atom. The van der Waals surface area contributed by atoms with Crippen LogP contribution in [0.15, 0.2) is 53.1 Å². The summed E-state index contributed by atoms with van der Waals surface area (Å²) >= 11 is 11.9. The average molecular weight is 419 g/mol. The smallest absolute Gasteiger partial charge is 0.252 e. The Balaban J connectivity index is 1.69. The first-order valence-corrected chi connectivity index (χ1v) is 9.70. The summed E-state index contributed by atoms with van der Waals surface area (Å²) in [5.74, 6) is 0.798. The van der Waals surface area contributed by atoms with E-state index in [0.717, 1.165) is 11.1 Å². The number of Topliss-reactive ketones (excluding diaryl/α,β-unsaturated/α-hetero) is 1. The van der Waals surface area contributed by atoms with Crippen LogP contribution in [0.1, 0.15) is 29.3 Å². The minimum atomic E-state index is -0.301. The molecule has 3 rings (SSSR count). The third-order valence-corrected chi connectivity index (χ3v) is 4.89. The predicted octanol–water partition coefficient (Wildman–Crippen LogP) is 4.47. The van der Waals surface area contributed by atoms with E-state index in [9.17, 15) is 4.79 Å². The first-order valence-electron chi connectivity index (χ1n) is 8.94. The largest absolute Gasteiger partial charge is 0.387 e. The number of aromatic nitrogens is 2. The van der Waals surface area contributed by atoms with Gasteiger partial charge in [-0.1, -0.05) is 52.6 Å². The van der Waals surface area contributed by atoms with Crippen molar-refractivity contribution < 1.29 is 14.4 Å². The molecule has 0 aliphatic rings. The molecule has 0 aliphatic heterocycles. The summed E-state index contributed by atoms with van der Waals surface area (Å²) in [5.41, 5.74) is 2.02. The van der Waals surface area contributed by atoms with Crippen molar-refractivity contribution in [1.82, 2.24) is 10.1 Å². The summed E-state index contributed by atoms with van der Waals surface area (Å²) in [6, 6.07) is 14.9. The normalized spacial score (nSPS) is 12.1. The van der Waals surface area contributed by atoms with E-state index in [1.807, 2.05) is 36.4 Å². The van der Waals surface area contributed by atoms with Gasteiger partial charge in [-0.3, -0.25) is 4.79 Å². The van der Waals surface area contributed by atoms with Gasteiger partial charge in [0, 0.05) is 29.3 Å². The number of aliphatic hydroxyl groups is 1. The molecule has 2 aromatic carbocycles. The first kappa shape index (κ1) is 20.5. The van der Waals surface area contributed by atoms with Crippen molar-refractivity contribution in [2.75, 3.05) is 0 Å². The monoisotopic (exact) mass is 418 g/mol. The standard InChI is InChI=1S/C21H20Cl2N2O3/c22-17-5-1-14(2-6-17)9-16(12-20-24-21(13-26)28-25-20)11-19(27)10-15-3-7-18(23)8-4-15/h1-8,16,26H,9-13H2/t16-/m1/s1. The Hall–Kier alpha value is -2.21. The molecule has 3 aromatic rings. The fraction of sp³-hybridized carbons (Fsp3) is 0.286. The summed E-state index contributed by atoms with van der Waals surface area (Å²) in [6.07, 6.45) is 1.90. The van der Waals surface area contributed by atoms with Gasteiger partial charge >= 0.3 is 0 Å². The van der Waals surface area contributed by atoms with E-state index < -0.39 is 0 Å². The Kier molecular flexibility index (Phi) is 7.20. The molecule has 0 bridgehead atoms. The minimum Gasteiger partial charge on any atom is -0.387 e. The molecular weight excluding hydrogens is 399 g/mol. The van der Waals surface area contributed by atoms with Gasteiger partial charge in [-0.2, -0.15) is 4.98 Å². The summed E-state index contributed by atoms with van der Waals surface area (Å²) in [6.45, 7) is -0.301. The van der Waals surface area contributed by atoms with E-state index in [1.54, 1.807) is 12.1 Å². The molecule has 0 fully saturated rings. The zero-order valence-corrected chi connectivity index (χ0v) is 16.7. The lowest BCUT2D eigenvalue weighted by Gasteiger charge is -2.15. The summed E-state index contributed by atoms with van der Waals surface area (Å²) in [5, 5.41) is 14.3. The highest BCUT2D eigenvalue weighted by Crippen LogP contribution is 2.20. The summed E-state index contributed by atoms with van der Waals surface area (Å²) < 4.78 is 4.97. The molecule has 1 atom stereocenters. The lowest BCUT2D eigenvalue weighted by Crippen LogP contribution is -2.16. The quantitative estimate of drug-likeness (QED) is 0.554. The Bertz CT molecular complexity index is 908. The molecule has 5 nitrogen and oxygen atoms in total. The van der Waals surface area contributed by atoms with Gasteiger partial charge in [0.1, 0.15) is 12.4 Å². The lowest BCUT2D eigenvalue weighted by atomic mass is 9.89. The molecule has 28 heavy (non-hydrogen) atoms. The molecule has 1 N–H and O–H groups in total. The number of carbonyl (C=O) groups is 1. The van der Waals surface area contributed by atoms with Crippen molar-refractivity contribution >= 4 is 29.0 Å². The van der Waals surface area contributed by atoms with Crippen LogP contribution in [0.25, 0.3) is 0 Å². The van der Waals surface area contributed by atoms with Gasteiger partial charge < -0.3 is 9.63 Å². The third kappa shape index (κ3) is 6.16. The molecule has 1 aromatic heterocycles. The van der Waals surface area contributed by atoms with Gasteiger partial charge in [0.15, 0.2) is 5.82 Å². The Morgan fingerprint density at radius 2 is 1.57 bits per heavy atom. The van der Waals surface area contributed by atoms with Crippen molar-refractivity contribution in [1.29, 1.82) is 0 Å². The second-order valence-corrected chi connectivity index (χ2v) is 7.58. The predicted molar refractivity (Wildman–Crippen MR) is 107 cm³/mol. The highest BCUT2D eigenvalue weighted by atomic mass is 35.5. The maximum Gasteiger partial charge on any atom is 0.252 e. The van der Waals surface area contributed by atoms with Gasteiger partial charge in [0.05, 0.1) is 0 Å². The molecule has 0 saturated carbocycles. The maximum absolute atomic E-state index is 12.6. The van der Waals surface area contributed by atoms with Crippen LogP contribution in [-0.4, -0.2) is 21.0 Å². The summed E-state index contributed by atoms with van der Waals surface area (Å²) in [4.78, 5) is 16.8. The average Bonchev–Trinajstić information content (AvgIpc) is 3.13. The van der Waals surface area contributed by atoms with Crippen LogP contribution in [0.4, 0.5) is 0 Å². The number of rotatable bonds is 9. The topological polar surface area (TPSA) is 76.2 Å². The van der Waals surface area contributed by atoms with Crippen LogP contribution in [0, 0.1) is 5.92 Å². The fourth-order valence-corrected chi connectivity index (χ4v) is 3.34. The van der Waals surface area contributed by atoms with Gasteiger partial charge in [0.2, 0.25) is 0 Å². The molecule has 0 unspecified atom stereocenters. The van der Waals surface area contributed by atoms with Crippen molar-refractivity contribution in [3.63, 3.8) is 0 Å². The SMILES string of the molecule is O=C(Cc1ccc(Cl)cc1)C[C@@H](Cc1ccc(Cl)cc1)Cc1noc(CO)n1. The third-order valence-electron chi connectivity index (χ3n) is 4.39. The van der Waals surface area contributed by atoms with E-state index in [0.29, 0.717) is 41.6 Å². The maximum atomic E-state index is 12.6. The zero-order chi connectivity index (χ0) is 19.9. The molecule has 1 heterocycles. The number of nitrogens with zero attached hydrogens (tertiary/aromatic N) is 2. The van der Waals surface area contributed by atoms with Gasteiger partial charge in [-0.25, -0.2) is 0 Å². The van der Waals surface area contributed by atoms with E-state index in [-0.39, 0.29) is 24.2 Å². The number of halogens is 2. The van der Waals surface area contributed by atoms with Gasteiger partial charge in [-0.15, -0.1) is 0 Å². The lowest BCUT2D eigenvalue weighted by molar-refractivity contribution is -0.119. The molecule has 7 heteroatoms. The Labute approximate surface area is 173 Å². The number of hydrogen-bond acceptors (Lipinski definition) is 5. The number of carbonyl (C=O) groups excluding carboxylic acids is 1. The number of aliphatic hydroxyl groups excluding tert-OH is 1. The van der Waals surface area contributed by atoms with Crippen LogP contribution < -0.4 is 0 Å². The first-order chi connectivity index (χ1) is 13.5. The number of benzene rings is 2. The van der Waals surface area contributed by atoms with Crippen molar-refractivity contribution in [3.8, 4) is 0 Å². The van der Waals surface area contributed by atoms with Crippen LogP contribution in [0.5, 0.6) is 0 Å². The zero-order valence-electron chi connectivity index (χ0n) is 15.1. The van der Waals surface area contributed by atoms with E-state index in [1.165, 1.54) is 0 Å². The fourth-order valence-electron chi connectivity index (χ4n) is 3.09. The molecule has 0 radical (unpaired) electrons. The molecule has 0 aliphatic carbocycles. The van der Waals surface area contributed by atoms with Crippen LogP contribution in [0.2, 0.25) is 10.0 Å². The van der Waals surface area contributed by atoms with Gasteiger partial charge in [0.25, 0.3) is 5.89 Å². The van der Waals surface area contributed by atoms with Crippen LogP contribution in [0.3, 0.4) is 0 Å². The van der Waals surface area contributed by atoms with E-state index in [4.69, 9.17) is 32.8 Å². The molecule has 0 amide bonds.